The molecule has 2 heterocycles. The Morgan fingerprint density at radius 2 is 1.65 bits per heavy atom. The van der Waals surface area contributed by atoms with Crippen molar-refractivity contribution >= 4 is 58.4 Å². The van der Waals surface area contributed by atoms with Gasteiger partial charge in [-0.1, -0.05) is 23.7 Å². The molecule has 6 rings (SSSR count). The lowest BCUT2D eigenvalue weighted by Gasteiger charge is -2.15. The number of nitrogens with one attached hydrogen (secondary N) is 3. The topological polar surface area (TPSA) is 196 Å². The Bertz CT molecular complexity index is 2570. The number of halogens is 5. The van der Waals surface area contributed by atoms with Gasteiger partial charge in [-0.3, -0.25) is 14.6 Å². The predicted octanol–water partition coefficient (Wildman–Crippen LogP) is 7.33. The number of rotatable bonds is 15. The molecule has 0 bridgehead atoms. The molecule has 4 aromatic carbocycles. The SMILES string of the molecule is COc1cc(Nc2ncc3c(n2)-c2ccc(Cl)cc2C(c2c(F)cccc2OC)=NC3)ccc1C(=O)NCCCC(=O)Nc1ccc(C(=O)OC(=O)C(F)(F)F)c(CCCN)c1. The van der Waals surface area contributed by atoms with E-state index in [1.54, 1.807) is 54.7 Å². The number of nitrogens with zero attached hydrogens (tertiary/aromatic N) is 3. The van der Waals surface area contributed by atoms with Crippen molar-refractivity contribution < 1.29 is 51.0 Å². The van der Waals surface area contributed by atoms with Gasteiger partial charge in [-0.2, -0.15) is 13.2 Å². The third kappa shape index (κ3) is 10.5. The molecule has 14 nitrogen and oxygen atoms in total. The highest BCUT2D eigenvalue weighted by molar-refractivity contribution is 6.31. The summed E-state index contributed by atoms with van der Waals surface area (Å²) in [6, 6.07) is 18.3. The zero-order valence-corrected chi connectivity index (χ0v) is 33.9. The van der Waals surface area contributed by atoms with Crippen LogP contribution in [0.2, 0.25) is 5.02 Å². The van der Waals surface area contributed by atoms with Crippen LogP contribution in [0.3, 0.4) is 0 Å². The predicted molar refractivity (Wildman–Crippen MR) is 222 cm³/mol. The van der Waals surface area contributed by atoms with Crippen LogP contribution < -0.4 is 31.2 Å². The molecule has 5 N–H and O–H groups in total. The number of esters is 2. The van der Waals surface area contributed by atoms with E-state index in [-0.39, 0.29) is 78.5 Å². The van der Waals surface area contributed by atoms with E-state index in [0.29, 0.717) is 51.0 Å². The molecule has 5 aromatic rings. The average molecular weight is 876 g/mol. The number of methoxy groups -OCH3 is 2. The molecule has 19 heteroatoms. The zero-order valence-electron chi connectivity index (χ0n) is 33.1. The quantitative estimate of drug-likeness (QED) is 0.0356. The Kier molecular flexibility index (Phi) is 14.1. The van der Waals surface area contributed by atoms with Crippen LogP contribution in [0.4, 0.5) is 34.9 Å². The highest BCUT2D eigenvalue weighted by Crippen LogP contribution is 2.37. The molecule has 322 valence electrons. The first-order chi connectivity index (χ1) is 29.7. The van der Waals surface area contributed by atoms with Gasteiger partial charge >= 0.3 is 18.1 Å². The van der Waals surface area contributed by atoms with Gasteiger partial charge in [0.2, 0.25) is 11.9 Å². The number of alkyl halides is 3. The molecule has 0 aliphatic carbocycles. The fraction of sp³-hybridized carbons (Fsp3) is 0.233. The summed E-state index contributed by atoms with van der Waals surface area (Å²) in [5.41, 5.74) is 9.44. The van der Waals surface area contributed by atoms with Gasteiger partial charge in [0.1, 0.15) is 17.3 Å². The molecule has 0 saturated heterocycles. The molecule has 0 spiro atoms. The molecule has 62 heavy (non-hydrogen) atoms. The first-order valence-corrected chi connectivity index (χ1v) is 19.3. The zero-order chi connectivity index (χ0) is 44.6. The Morgan fingerprint density at radius 1 is 0.887 bits per heavy atom. The molecule has 1 aliphatic rings. The van der Waals surface area contributed by atoms with Gasteiger partial charge in [0, 0.05) is 58.3 Å². The number of hydrogen-bond acceptors (Lipinski definition) is 12. The van der Waals surface area contributed by atoms with E-state index in [2.05, 4.69) is 25.7 Å². The van der Waals surface area contributed by atoms with Crippen molar-refractivity contribution in [1.82, 2.24) is 15.3 Å². The number of ether oxygens (including phenoxy) is 3. The smallest absolute Gasteiger partial charge is 0.491 e. The van der Waals surface area contributed by atoms with Gasteiger partial charge in [-0.05, 0) is 86.0 Å². The lowest BCUT2D eigenvalue weighted by atomic mass is 9.94. The summed E-state index contributed by atoms with van der Waals surface area (Å²) in [7, 11) is 2.86. The van der Waals surface area contributed by atoms with Crippen molar-refractivity contribution in [1.29, 1.82) is 0 Å². The largest absolute Gasteiger partial charge is 0.496 e. The minimum atomic E-state index is -5.35. The third-order valence-electron chi connectivity index (χ3n) is 9.44. The number of carbonyl (C=O) groups is 4. The number of benzene rings is 4. The van der Waals surface area contributed by atoms with Gasteiger partial charge in [0.15, 0.2) is 0 Å². The van der Waals surface area contributed by atoms with Crippen molar-refractivity contribution in [3.05, 3.63) is 123 Å². The summed E-state index contributed by atoms with van der Waals surface area (Å²) < 4.78 is 68.1. The van der Waals surface area contributed by atoms with E-state index in [1.807, 2.05) is 0 Å². The number of nitrogens with two attached hydrogens (primary N) is 1. The van der Waals surface area contributed by atoms with Crippen LogP contribution in [-0.4, -0.2) is 72.9 Å². The number of fused-ring (bicyclic) bond motifs is 3. The maximum atomic E-state index is 15.3. The third-order valence-corrected chi connectivity index (χ3v) is 9.68. The van der Waals surface area contributed by atoms with Gasteiger partial charge in [-0.15, -0.1) is 0 Å². The second kappa shape index (κ2) is 19.6. The van der Waals surface area contributed by atoms with Crippen LogP contribution in [0.1, 0.15) is 62.2 Å². The number of amides is 2. The lowest BCUT2D eigenvalue weighted by molar-refractivity contribution is -0.193. The Hall–Kier alpha value is -6.92. The van der Waals surface area contributed by atoms with Crippen molar-refractivity contribution in [2.24, 2.45) is 10.7 Å². The number of aromatic nitrogens is 2. The van der Waals surface area contributed by atoms with Crippen LogP contribution >= 0.6 is 11.6 Å². The lowest BCUT2D eigenvalue weighted by Crippen LogP contribution is -2.28. The number of aliphatic imine (C=N–C) groups is 1. The maximum Gasteiger partial charge on any atom is 0.491 e. The number of anilines is 3. The van der Waals surface area contributed by atoms with Crippen molar-refractivity contribution in [2.75, 3.05) is 37.9 Å². The van der Waals surface area contributed by atoms with Gasteiger partial charge in [0.25, 0.3) is 5.91 Å². The molecule has 1 aliphatic heterocycles. The molecule has 1 aromatic heterocycles. The van der Waals surface area contributed by atoms with E-state index >= 15 is 4.39 Å². The van der Waals surface area contributed by atoms with Crippen molar-refractivity contribution in [3.8, 4) is 22.8 Å². The molecule has 0 unspecified atom stereocenters. The minimum Gasteiger partial charge on any atom is -0.496 e. The van der Waals surface area contributed by atoms with E-state index in [0.717, 1.165) is 6.07 Å². The first-order valence-electron chi connectivity index (χ1n) is 18.9. The Morgan fingerprint density at radius 3 is 2.39 bits per heavy atom. The molecule has 0 saturated carbocycles. The Labute approximate surface area is 356 Å². The standard InChI is InChI=1S/C43H38ClF4N7O7/c1-60-33-8-3-7-32(45)36(33)38-31-19-25(44)10-13-29(31)37-24(21-51-38)22-52-42(55-37)54-27-12-15-30(34(20-27)61-2)39(57)50-17-5-9-35(56)53-26-11-14-28(23(18-26)6-4-16-49)40(58)62-41(59)43(46,47)48/h3,7-8,10-15,18-20,22H,4-6,9,16-17,21,49H2,1-2H3,(H,50,57)(H,53,56)(H,52,54,55). The van der Waals surface area contributed by atoms with Crippen molar-refractivity contribution in [3.63, 3.8) is 0 Å². The minimum absolute atomic E-state index is 0.0225. The molecule has 2 amide bonds. The van der Waals surface area contributed by atoms with Gasteiger partial charge < -0.3 is 35.9 Å². The number of carbonyl (C=O) groups excluding carboxylic acids is 4. The molecule has 0 atom stereocenters. The van der Waals surface area contributed by atoms with E-state index in [9.17, 15) is 32.3 Å². The first kappa shape index (κ1) is 44.6. The summed E-state index contributed by atoms with van der Waals surface area (Å²) in [6.07, 6.45) is -3.00. The summed E-state index contributed by atoms with van der Waals surface area (Å²) >= 11 is 6.42. The number of aryl methyl sites for hydroxylation is 1. The van der Waals surface area contributed by atoms with Crippen LogP contribution in [0.5, 0.6) is 11.5 Å². The van der Waals surface area contributed by atoms with Gasteiger partial charge in [0.05, 0.1) is 48.9 Å². The van der Waals surface area contributed by atoms with Crippen LogP contribution in [0, 0.1) is 5.82 Å². The fourth-order valence-electron chi connectivity index (χ4n) is 6.52. The van der Waals surface area contributed by atoms with E-state index in [1.165, 1.54) is 32.4 Å². The normalized spacial score (nSPS) is 11.9. The summed E-state index contributed by atoms with van der Waals surface area (Å²) in [4.78, 5) is 63.4. The number of hydrogen-bond donors (Lipinski definition) is 4. The van der Waals surface area contributed by atoms with E-state index < -0.39 is 35.7 Å². The van der Waals surface area contributed by atoms with Crippen LogP contribution in [-0.2, 0) is 27.3 Å². The van der Waals surface area contributed by atoms with Crippen molar-refractivity contribution in [2.45, 2.75) is 38.4 Å². The highest BCUT2D eigenvalue weighted by Gasteiger charge is 2.42. The van der Waals surface area contributed by atoms with Gasteiger partial charge in [-0.25, -0.2) is 23.9 Å². The second-order valence-electron chi connectivity index (χ2n) is 13.6. The molecular formula is C43H38ClF4N7O7. The highest BCUT2D eigenvalue weighted by atomic mass is 35.5. The second-order valence-corrected chi connectivity index (χ2v) is 14.1. The average Bonchev–Trinajstić information content (AvgIpc) is 3.39. The van der Waals surface area contributed by atoms with Crippen LogP contribution in [0.15, 0.2) is 84.0 Å². The molecule has 0 fully saturated rings. The maximum absolute atomic E-state index is 15.3. The summed E-state index contributed by atoms with van der Waals surface area (Å²) in [5, 5.41) is 8.96. The monoisotopic (exact) mass is 875 g/mol. The molecule has 0 radical (unpaired) electrons. The molecular weight excluding hydrogens is 838 g/mol. The summed E-state index contributed by atoms with van der Waals surface area (Å²) in [6.45, 7) is 0.461. The van der Waals surface area contributed by atoms with E-state index in [4.69, 9.17) is 36.8 Å². The Balaban J connectivity index is 1.08. The van der Waals surface area contributed by atoms with Crippen LogP contribution in [0.25, 0.3) is 11.3 Å². The fourth-order valence-corrected chi connectivity index (χ4v) is 6.70. The summed E-state index contributed by atoms with van der Waals surface area (Å²) in [5.74, 6) is -4.79.